The third-order valence-electron chi connectivity index (χ3n) is 8.12. The molecule has 6 rings (SSSR count). The van der Waals surface area contributed by atoms with Gasteiger partial charge in [-0.2, -0.15) is 5.10 Å². The molecule has 0 radical (unpaired) electrons. The zero-order chi connectivity index (χ0) is 31.9. The predicted octanol–water partition coefficient (Wildman–Crippen LogP) is 6.10. The first-order valence-electron chi connectivity index (χ1n) is 15.4. The van der Waals surface area contributed by atoms with Crippen molar-refractivity contribution in [2.45, 2.75) is 32.6 Å². The number of benzene rings is 3. The number of halogens is 1. The first kappa shape index (κ1) is 31.1. The van der Waals surface area contributed by atoms with E-state index in [0.717, 1.165) is 37.5 Å². The maximum absolute atomic E-state index is 15.1. The van der Waals surface area contributed by atoms with Crippen molar-refractivity contribution in [1.29, 1.82) is 0 Å². The number of nitrogens with one attached hydrogen (secondary N) is 1. The van der Waals surface area contributed by atoms with Crippen molar-refractivity contribution in [3.63, 3.8) is 0 Å². The monoisotopic (exact) mass is 628 g/mol. The van der Waals surface area contributed by atoms with E-state index in [2.05, 4.69) is 27.3 Å². The van der Waals surface area contributed by atoms with Crippen LogP contribution in [-0.2, 0) is 11.2 Å². The van der Waals surface area contributed by atoms with Crippen LogP contribution in [0.4, 0.5) is 4.39 Å². The van der Waals surface area contributed by atoms with Gasteiger partial charge >= 0.3 is 0 Å². The Kier molecular flexibility index (Phi) is 9.78. The SMILES string of the molecule is COc1cc2c(Oc3ccc(CC(=O)N/N=C/c4ccc5c(c4)OCO5)cc3F)ccnc2cc1OCCCN1CCC(C)CC1. The molecule has 0 unspecified atom stereocenters. The lowest BCUT2D eigenvalue weighted by molar-refractivity contribution is -0.120. The quantitative estimate of drug-likeness (QED) is 0.114. The Morgan fingerprint density at radius 3 is 2.72 bits per heavy atom. The Morgan fingerprint density at radius 1 is 1.04 bits per heavy atom. The molecule has 1 saturated heterocycles. The lowest BCUT2D eigenvalue weighted by Gasteiger charge is -2.30. The number of hydrogen-bond donors (Lipinski definition) is 1. The highest BCUT2D eigenvalue weighted by molar-refractivity contribution is 5.88. The van der Waals surface area contributed by atoms with Gasteiger partial charge in [0.1, 0.15) is 5.75 Å². The predicted molar refractivity (Wildman–Crippen MR) is 172 cm³/mol. The van der Waals surface area contributed by atoms with Crippen LogP contribution in [-0.4, -0.2) is 62.1 Å². The smallest absolute Gasteiger partial charge is 0.244 e. The number of piperidine rings is 1. The van der Waals surface area contributed by atoms with E-state index >= 15 is 4.39 Å². The molecule has 3 heterocycles. The molecule has 46 heavy (non-hydrogen) atoms. The number of hydrazone groups is 1. The van der Waals surface area contributed by atoms with Gasteiger partial charge in [0.15, 0.2) is 34.6 Å². The summed E-state index contributed by atoms with van der Waals surface area (Å²) in [6.45, 7) is 6.34. The van der Waals surface area contributed by atoms with E-state index < -0.39 is 11.7 Å². The number of nitrogens with zero attached hydrogens (tertiary/aromatic N) is 3. The summed E-state index contributed by atoms with van der Waals surface area (Å²) in [5, 5.41) is 4.63. The van der Waals surface area contributed by atoms with Crippen molar-refractivity contribution in [2.75, 3.05) is 40.1 Å². The molecule has 1 aromatic heterocycles. The first-order chi connectivity index (χ1) is 22.4. The molecule has 0 spiro atoms. The van der Waals surface area contributed by atoms with Crippen LogP contribution in [0.5, 0.6) is 34.5 Å². The maximum Gasteiger partial charge on any atom is 0.244 e. The molecule has 240 valence electrons. The molecule has 1 fully saturated rings. The van der Waals surface area contributed by atoms with Crippen LogP contribution >= 0.6 is 0 Å². The summed E-state index contributed by atoms with van der Waals surface area (Å²) in [5.74, 6) is 2.67. The van der Waals surface area contributed by atoms with Crippen LogP contribution in [0, 0.1) is 11.7 Å². The van der Waals surface area contributed by atoms with Crippen molar-refractivity contribution in [1.82, 2.24) is 15.3 Å². The van der Waals surface area contributed by atoms with Gasteiger partial charge < -0.3 is 28.6 Å². The van der Waals surface area contributed by atoms with Gasteiger partial charge in [0.25, 0.3) is 0 Å². The largest absolute Gasteiger partial charge is 0.493 e. The van der Waals surface area contributed by atoms with Crippen LogP contribution < -0.4 is 29.1 Å². The molecule has 0 atom stereocenters. The Balaban J connectivity index is 1.05. The summed E-state index contributed by atoms with van der Waals surface area (Å²) in [7, 11) is 1.58. The van der Waals surface area contributed by atoms with E-state index in [1.807, 2.05) is 6.07 Å². The van der Waals surface area contributed by atoms with Crippen LogP contribution in [0.1, 0.15) is 37.3 Å². The van der Waals surface area contributed by atoms with Gasteiger partial charge in [-0.1, -0.05) is 13.0 Å². The van der Waals surface area contributed by atoms with Gasteiger partial charge in [-0.25, -0.2) is 9.82 Å². The van der Waals surface area contributed by atoms with E-state index in [1.165, 1.54) is 31.2 Å². The van der Waals surface area contributed by atoms with Crippen LogP contribution in [0.3, 0.4) is 0 Å². The van der Waals surface area contributed by atoms with Crippen molar-refractivity contribution in [3.05, 3.63) is 77.7 Å². The zero-order valence-corrected chi connectivity index (χ0v) is 26.0. The fourth-order valence-corrected chi connectivity index (χ4v) is 5.50. The van der Waals surface area contributed by atoms with Gasteiger partial charge in [0, 0.05) is 24.2 Å². The van der Waals surface area contributed by atoms with Crippen molar-refractivity contribution in [2.24, 2.45) is 11.0 Å². The fourth-order valence-electron chi connectivity index (χ4n) is 5.50. The number of methoxy groups -OCH3 is 1. The van der Waals surface area contributed by atoms with Crippen LogP contribution in [0.15, 0.2) is 65.9 Å². The second-order valence-corrected chi connectivity index (χ2v) is 11.5. The van der Waals surface area contributed by atoms with Gasteiger partial charge in [-0.05, 0) is 91.9 Å². The molecule has 11 heteroatoms. The molecular weight excluding hydrogens is 591 g/mol. The van der Waals surface area contributed by atoms with E-state index in [9.17, 15) is 4.79 Å². The number of amides is 1. The average Bonchev–Trinajstić information content (AvgIpc) is 3.53. The summed E-state index contributed by atoms with van der Waals surface area (Å²) in [6.07, 6.45) is 6.45. The van der Waals surface area contributed by atoms with Crippen LogP contribution in [0.2, 0.25) is 0 Å². The summed E-state index contributed by atoms with van der Waals surface area (Å²) in [6, 6.07) is 15.0. The molecule has 1 amide bonds. The van der Waals surface area contributed by atoms with E-state index in [0.29, 0.717) is 51.8 Å². The first-order valence-corrected chi connectivity index (χ1v) is 15.4. The minimum absolute atomic E-state index is 0.0175. The highest BCUT2D eigenvalue weighted by Crippen LogP contribution is 2.38. The number of pyridine rings is 1. The highest BCUT2D eigenvalue weighted by Gasteiger charge is 2.17. The Hall–Kier alpha value is -4.90. The summed E-state index contributed by atoms with van der Waals surface area (Å²) in [4.78, 5) is 19.4. The number of rotatable bonds is 12. The average molecular weight is 629 g/mol. The van der Waals surface area contributed by atoms with E-state index in [-0.39, 0.29) is 19.0 Å². The zero-order valence-electron chi connectivity index (χ0n) is 26.0. The number of carbonyl (C=O) groups excluding carboxylic acids is 1. The lowest BCUT2D eigenvalue weighted by Crippen LogP contribution is -2.34. The number of likely N-dealkylation sites (tertiary alicyclic amines) is 1. The van der Waals surface area contributed by atoms with E-state index in [1.54, 1.807) is 49.7 Å². The molecule has 0 aliphatic carbocycles. The minimum Gasteiger partial charge on any atom is -0.493 e. The molecule has 0 bridgehead atoms. The van der Waals surface area contributed by atoms with Gasteiger partial charge in [0.2, 0.25) is 12.7 Å². The van der Waals surface area contributed by atoms with Crippen molar-refractivity contribution >= 4 is 23.0 Å². The molecule has 2 aliphatic heterocycles. The topological polar surface area (TPSA) is 104 Å². The number of carbonyl (C=O) groups is 1. The molecule has 10 nitrogen and oxygen atoms in total. The summed E-state index contributed by atoms with van der Waals surface area (Å²) in [5.41, 5.74) is 4.30. The molecule has 0 saturated carbocycles. The molecular formula is C35H37FN4O6. The van der Waals surface area contributed by atoms with Gasteiger partial charge in [0.05, 0.1) is 31.9 Å². The maximum atomic E-state index is 15.1. The van der Waals surface area contributed by atoms with Gasteiger partial charge in [-0.15, -0.1) is 0 Å². The Labute approximate surface area is 267 Å². The summed E-state index contributed by atoms with van der Waals surface area (Å²) >= 11 is 0. The van der Waals surface area contributed by atoms with E-state index in [4.69, 9.17) is 23.7 Å². The second kappa shape index (κ2) is 14.5. The molecule has 4 aromatic rings. The van der Waals surface area contributed by atoms with Gasteiger partial charge in [-0.3, -0.25) is 9.78 Å². The van der Waals surface area contributed by atoms with Crippen molar-refractivity contribution < 1.29 is 32.9 Å². The van der Waals surface area contributed by atoms with Crippen LogP contribution in [0.25, 0.3) is 10.9 Å². The minimum atomic E-state index is -0.603. The third-order valence-corrected chi connectivity index (χ3v) is 8.12. The number of ether oxygens (including phenoxy) is 5. The third kappa shape index (κ3) is 7.66. The number of fused-ring (bicyclic) bond motifs is 2. The standard InChI is InChI=1S/C35H37FN4O6/c1-23-9-13-40(14-10-23)12-3-15-43-34-20-28-26(19-32(34)42-2)29(8-11-37-28)46-30-6-4-24(16-27(30)36)18-35(41)39-38-21-25-5-7-31-33(17-25)45-22-44-31/h4-8,11,16-17,19-21,23H,3,9-10,12-15,18,22H2,1-2H3,(H,39,41)/b38-21+. The normalized spacial score (nSPS) is 14.9. The fraction of sp³-hybridized carbons (Fsp3) is 0.343. The number of aromatic nitrogens is 1. The highest BCUT2D eigenvalue weighted by atomic mass is 19.1. The Bertz CT molecular complexity index is 1720. The molecule has 2 aliphatic rings. The number of hydrogen-bond acceptors (Lipinski definition) is 9. The molecule has 3 aromatic carbocycles. The Morgan fingerprint density at radius 2 is 1.89 bits per heavy atom. The lowest BCUT2D eigenvalue weighted by atomic mass is 9.99. The summed E-state index contributed by atoms with van der Waals surface area (Å²) < 4.78 is 43.4. The second-order valence-electron chi connectivity index (χ2n) is 11.5. The molecule has 1 N–H and O–H groups in total. The van der Waals surface area contributed by atoms with Crippen molar-refractivity contribution in [3.8, 4) is 34.5 Å².